The quantitative estimate of drug-likeness (QED) is 0.469. The van der Waals surface area contributed by atoms with E-state index in [0.717, 1.165) is 0 Å². The number of nitrogens with zero attached hydrogens (tertiary/aromatic N) is 4. The van der Waals surface area contributed by atoms with Gasteiger partial charge in [0, 0.05) is 22.9 Å². The molecule has 1 atom stereocenters. The van der Waals surface area contributed by atoms with E-state index >= 15 is 0 Å². The Hall–Kier alpha value is -3.17. The molecular weight excluding hydrogens is 441 g/mol. The number of aromatic nitrogens is 4. The van der Waals surface area contributed by atoms with Crippen LogP contribution in [0.1, 0.15) is 12.5 Å². The molecule has 1 N–H and O–H groups in total. The molecule has 1 amide bonds. The van der Waals surface area contributed by atoms with Crippen LogP contribution in [0.15, 0.2) is 64.7 Å². The normalized spacial score (nSPS) is 15.2. The first-order valence-corrected chi connectivity index (χ1v) is 10.8. The van der Waals surface area contributed by atoms with Gasteiger partial charge in [-0.2, -0.15) is 5.10 Å². The van der Waals surface area contributed by atoms with Crippen molar-refractivity contribution >= 4 is 46.0 Å². The molecular formula is C21H15ClFN5O2S. The van der Waals surface area contributed by atoms with E-state index in [1.54, 1.807) is 27.4 Å². The van der Waals surface area contributed by atoms with E-state index in [-0.39, 0.29) is 29.7 Å². The van der Waals surface area contributed by atoms with Gasteiger partial charge in [0.2, 0.25) is 5.91 Å². The second-order valence-electron chi connectivity index (χ2n) is 7.07. The second-order valence-corrected chi connectivity index (χ2v) is 8.49. The minimum absolute atomic E-state index is 0.104. The Labute approximate surface area is 184 Å². The Balaban J connectivity index is 1.44. The molecule has 7 nitrogen and oxygen atoms in total. The second kappa shape index (κ2) is 7.82. The zero-order valence-electron chi connectivity index (χ0n) is 16.0. The molecule has 0 saturated carbocycles. The Morgan fingerprint density at radius 3 is 2.84 bits per heavy atom. The number of carbonyl (C=O) groups is 1. The van der Waals surface area contributed by atoms with Crippen molar-refractivity contribution in [2.75, 3.05) is 11.1 Å². The number of halogens is 2. The minimum atomic E-state index is -0.376. The zero-order valence-corrected chi connectivity index (χ0v) is 17.5. The molecule has 156 valence electrons. The fourth-order valence-electron chi connectivity index (χ4n) is 3.54. The third-order valence-corrected chi connectivity index (χ3v) is 6.31. The molecule has 4 aromatic rings. The maximum atomic E-state index is 13.2. The SMILES string of the molecule is O=C(CC1CSc2nc3c(cnn3-c3cccc(Cl)c3)c(=O)n21)Nc1ccc(F)cc1. The van der Waals surface area contributed by atoms with Crippen molar-refractivity contribution in [2.45, 2.75) is 17.6 Å². The maximum absolute atomic E-state index is 13.2. The zero-order chi connectivity index (χ0) is 21.5. The number of hydrogen-bond donors (Lipinski definition) is 1. The number of anilines is 1. The molecule has 1 unspecified atom stereocenters. The maximum Gasteiger partial charge on any atom is 0.265 e. The molecule has 2 aromatic heterocycles. The highest BCUT2D eigenvalue weighted by Gasteiger charge is 2.29. The number of carbonyl (C=O) groups excluding carboxylic acids is 1. The molecule has 2 aromatic carbocycles. The molecule has 0 fully saturated rings. The summed E-state index contributed by atoms with van der Waals surface area (Å²) in [5, 5.41) is 8.52. The predicted molar refractivity (Wildman–Crippen MR) is 118 cm³/mol. The van der Waals surface area contributed by atoms with Crippen LogP contribution in [0.5, 0.6) is 0 Å². The summed E-state index contributed by atoms with van der Waals surface area (Å²) in [6.07, 6.45) is 1.59. The third-order valence-electron chi connectivity index (χ3n) is 4.97. The first kappa shape index (κ1) is 19.8. The topological polar surface area (TPSA) is 81.8 Å². The Morgan fingerprint density at radius 2 is 2.06 bits per heavy atom. The van der Waals surface area contributed by atoms with E-state index < -0.39 is 0 Å². The van der Waals surface area contributed by atoms with Crippen molar-refractivity contribution in [1.29, 1.82) is 0 Å². The lowest BCUT2D eigenvalue weighted by molar-refractivity contribution is -0.116. The average Bonchev–Trinajstić information content (AvgIpc) is 3.35. The van der Waals surface area contributed by atoms with Gasteiger partial charge in [0.05, 0.1) is 17.9 Å². The molecule has 3 heterocycles. The van der Waals surface area contributed by atoms with Crippen LogP contribution < -0.4 is 10.9 Å². The smallest absolute Gasteiger partial charge is 0.265 e. The standard InChI is InChI=1S/C21H15ClFN5O2S/c22-12-2-1-3-15(8-12)28-19-17(10-24-28)20(30)27-16(11-31-21(27)26-19)9-18(29)25-14-6-4-13(23)5-7-14/h1-8,10,16H,9,11H2,(H,25,29). The van der Waals surface area contributed by atoms with Crippen LogP contribution in [-0.4, -0.2) is 31.0 Å². The molecule has 5 rings (SSSR count). The number of nitrogens with one attached hydrogen (secondary N) is 1. The molecule has 1 aliphatic heterocycles. The van der Waals surface area contributed by atoms with Crippen molar-refractivity contribution in [2.24, 2.45) is 0 Å². The largest absolute Gasteiger partial charge is 0.326 e. The van der Waals surface area contributed by atoms with Gasteiger partial charge in [-0.3, -0.25) is 14.2 Å². The number of benzene rings is 2. The van der Waals surface area contributed by atoms with Gasteiger partial charge in [0.1, 0.15) is 11.2 Å². The highest BCUT2D eigenvalue weighted by atomic mass is 35.5. The first-order valence-electron chi connectivity index (χ1n) is 9.44. The number of amides is 1. The van der Waals surface area contributed by atoms with Gasteiger partial charge in [-0.15, -0.1) is 0 Å². The summed E-state index contributed by atoms with van der Waals surface area (Å²) in [6, 6.07) is 12.3. The third kappa shape index (κ3) is 3.70. The minimum Gasteiger partial charge on any atom is -0.326 e. The van der Waals surface area contributed by atoms with Crippen LogP contribution in [0.25, 0.3) is 16.7 Å². The van der Waals surface area contributed by atoms with Crippen LogP contribution in [0.2, 0.25) is 5.02 Å². The van der Waals surface area contributed by atoms with Crippen LogP contribution >= 0.6 is 23.4 Å². The predicted octanol–water partition coefficient (Wildman–Crippen LogP) is 4.05. The lowest BCUT2D eigenvalue weighted by Gasteiger charge is -2.13. The van der Waals surface area contributed by atoms with Gasteiger partial charge in [-0.25, -0.2) is 14.1 Å². The molecule has 0 radical (unpaired) electrons. The monoisotopic (exact) mass is 455 g/mol. The molecule has 0 bridgehead atoms. The molecule has 10 heteroatoms. The molecule has 31 heavy (non-hydrogen) atoms. The van der Waals surface area contributed by atoms with Crippen molar-refractivity contribution in [3.63, 3.8) is 0 Å². The molecule has 0 saturated heterocycles. The van der Waals surface area contributed by atoms with Crippen LogP contribution in [0.3, 0.4) is 0 Å². The number of rotatable bonds is 4. The first-order chi connectivity index (χ1) is 15.0. The Morgan fingerprint density at radius 1 is 1.26 bits per heavy atom. The molecule has 0 spiro atoms. The van der Waals surface area contributed by atoms with E-state index in [9.17, 15) is 14.0 Å². The lowest BCUT2D eigenvalue weighted by Crippen LogP contribution is -2.27. The van der Waals surface area contributed by atoms with Gasteiger partial charge < -0.3 is 5.32 Å². The summed E-state index contributed by atoms with van der Waals surface area (Å²) in [5.74, 6) is -0.0817. The van der Waals surface area contributed by atoms with Gasteiger partial charge in [-0.05, 0) is 42.5 Å². The van der Waals surface area contributed by atoms with Gasteiger partial charge >= 0.3 is 0 Å². The lowest BCUT2D eigenvalue weighted by atomic mass is 10.2. The fraction of sp³-hybridized carbons (Fsp3) is 0.143. The van der Waals surface area contributed by atoms with E-state index in [2.05, 4.69) is 15.4 Å². The van der Waals surface area contributed by atoms with E-state index in [1.807, 2.05) is 6.07 Å². The van der Waals surface area contributed by atoms with Crippen molar-refractivity contribution < 1.29 is 9.18 Å². The molecule has 0 aliphatic carbocycles. The van der Waals surface area contributed by atoms with Crippen LogP contribution in [0, 0.1) is 5.82 Å². The van der Waals surface area contributed by atoms with Gasteiger partial charge in [0.25, 0.3) is 5.56 Å². The highest BCUT2D eigenvalue weighted by Crippen LogP contribution is 2.33. The summed E-state index contributed by atoms with van der Waals surface area (Å²) in [5.41, 5.74) is 1.42. The Kier molecular flexibility index (Phi) is 4.99. The summed E-state index contributed by atoms with van der Waals surface area (Å²) in [7, 11) is 0. The summed E-state index contributed by atoms with van der Waals surface area (Å²) < 4.78 is 16.2. The average molecular weight is 456 g/mol. The summed E-state index contributed by atoms with van der Waals surface area (Å²) in [4.78, 5) is 30.3. The van der Waals surface area contributed by atoms with Crippen LogP contribution in [-0.2, 0) is 4.79 Å². The number of fused-ring (bicyclic) bond motifs is 2. The van der Waals surface area contributed by atoms with Crippen molar-refractivity contribution in [1.82, 2.24) is 19.3 Å². The molecule has 1 aliphatic rings. The highest BCUT2D eigenvalue weighted by molar-refractivity contribution is 7.99. The van der Waals surface area contributed by atoms with Gasteiger partial charge in [-0.1, -0.05) is 29.4 Å². The van der Waals surface area contributed by atoms with Crippen LogP contribution in [0.4, 0.5) is 10.1 Å². The summed E-state index contributed by atoms with van der Waals surface area (Å²) in [6.45, 7) is 0. The fourth-order valence-corrected chi connectivity index (χ4v) is 4.85. The number of thioether (sulfide) groups is 1. The van der Waals surface area contributed by atoms with Crippen molar-refractivity contribution in [3.05, 3.63) is 75.9 Å². The van der Waals surface area contributed by atoms with Crippen molar-refractivity contribution in [3.8, 4) is 5.69 Å². The number of hydrogen-bond acceptors (Lipinski definition) is 5. The van der Waals surface area contributed by atoms with E-state index in [1.165, 1.54) is 42.2 Å². The van der Waals surface area contributed by atoms with E-state index in [0.29, 0.717) is 38.3 Å². The Bertz CT molecular complexity index is 1370. The summed E-state index contributed by atoms with van der Waals surface area (Å²) >= 11 is 7.50. The van der Waals surface area contributed by atoms with Gasteiger partial charge in [0.15, 0.2) is 10.8 Å². The van der Waals surface area contributed by atoms with E-state index in [4.69, 9.17) is 11.6 Å².